The molecule has 4 heteroatoms. The summed E-state index contributed by atoms with van der Waals surface area (Å²) >= 11 is 0. The maximum atomic E-state index is 11.4. The van der Waals surface area contributed by atoms with Crippen molar-refractivity contribution in [2.24, 2.45) is 0 Å². The predicted octanol–water partition coefficient (Wildman–Crippen LogP) is 2.05. The number of methoxy groups -OCH3 is 2. The highest BCUT2D eigenvalue weighted by Gasteiger charge is 2.18. The van der Waals surface area contributed by atoms with Crippen molar-refractivity contribution >= 4 is 5.97 Å². The first-order chi connectivity index (χ1) is 8.72. The second kappa shape index (κ2) is 7.84. The van der Waals surface area contributed by atoms with Crippen molar-refractivity contribution in [1.29, 1.82) is 0 Å². The van der Waals surface area contributed by atoms with Crippen LogP contribution in [0.2, 0.25) is 0 Å². The molecular weight excluding hydrogens is 230 g/mol. The summed E-state index contributed by atoms with van der Waals surface area (Å²) in [4.78, 5) is 11.4. The topological polar surface area (TPSA) is 47.6 Å². The van der Waals surface area contributed by atoms with Crippen LogP contribution in [0.3, 0.4) is 0 Å². The van der Waals surface area contributed by atoms with E-state index >= 15 is 0 Å². The van der Waals surface area contributed by atoms with Crippen molar-refractivity contribution in [3.63, 3.8) is 0 Å². The lowest BCUT2D eigenvalue weighted by atomic mass is 9.98. The zero-order valence-electron chi connectivity index (χ0n) is 11.2. The lowest BCUT2D eigenvalue weighted by Crippen LogP contribution is -2.25. The van der Waals surface area contributed by atoms with Crippen LogP contribution < -0.4 is 5.32 Å². The molecule has 0 aliphatic carbocycles. The highest BCUT2D eigenvalue weighted by atomic mass is 16.5. The number of carbonyl (C=O) groups excluding carboxylic acids is 1. The van der Waals surface area contributed by atoms with Gasteiger partial charge in [-0.25, -0.2) is 0 Å². The van der Waals surface area contributed by atoms with Crippen molar-refractivity contribution in [2.75, 3.05) is 20.8 Å². The quantitative estimate of drug-likeness (QED) is 0.753. The number of ether oxygens (including phenoxy) is 2. The molecule has 0 bridgehead atoms. The van der Waals surface area contributed by atoms with Gasteiger partial charge in [-0.3, -0.25) is 4.79 Å². The van der Waals surface area contributed by atoms with Crippen LogP contribution >= 0.6 is 0 Å². The van der Waals surface area contributed by atoms with Gasteiger partial charge < -0.3 is 14.8 Å². The van der Waals surface area contributed by atoms with Gasteiger partial charge in [0, 0.05) is 13.2 Å². The largest absolute Gasteiger partial charge is 0.469 e. The number of hydrogen-bond donors (Lipinski definition) is 1. The summed E-state index contributed by atoms with van der Waals surface area (Å²) in [5, 5.41) is 3.31. The minimum Gasteiger partial charge on any atom is -0.469 e. The van der Waals surface area contributed by atoms with Crippen molar-refractivity contribution < 1.29 is 14.3 Å². The van der Waals surface area contributed by atoms with Gasteiger partial charge in [-0.15, -0.1) is 0 Å². The number of hydrogen-bond acceptors (Lipinski definition) is 4. The molecule has 1 unspecified atom stereocenters. The summed E-state index contributed by atoms with van der Waals surface area (Å²) in [5.41, 5.74) is 2.18. The molecule has 18 heavy (non-hydrogen) atoms. The van der Waals surface area contributed by atoms with Crippen LogP contribution in [0, 0.1) is 0 Å². The molecule has 0 saturated heterocycles. The lowest BCUT2D eigenvalue weighted by Gasteiger charge is -2.20. The second-order valence-electron chi connectivity index (χ2n) is 4.02. The van der Waals surface area contributed by atoms with Gasteiger partial charge in [0.15, 0.2) is 0 Å². The summed E-state index contributed by atoms with van der Waals surface area (Å²) in [6.07, 6.45) is 0.324. The van der Waals surface area contributed by atoms with Crippen LogP contribution in [-0.4, -0.2) is 26.7 Å². The van der Waals surface area contributed by atoms with Gasteiger partial charge in [0.2, 0.25) is 0 Å². The van der Waals surface area contributed by atoms with Gasteiger partial charge in [0.1, 0.15) is 0 Å². The molecule has 1 N–H and O–H groups in total. The SMILES string of the molecule is CCNC(CC(=O)OC)c1ccccc1COC. The molecule has 0 heterocycles. The van der Waals surface area contributed by atoms with Gasteiger partial charge in [-0.1, -0.05) is 31.2 Å². The molecule has 0 spiro atoms. The smallest absolute Gasteiger partial charge is 0.307 e. The monoisotopic (exact) mass is 251 g/mol. The van der Waals surface area contributed by atoms with Crippen LogP contribution in [0.1, 0.15) is 30.5 Å². The molecule has 100 valence electrons. The standard InChI is InChI=1S/C14H21NO3/c1-4-15-13(9-14(16)18-3)12-8-6-5-7-11(12)10-17-2/h5-8,13,15H,4,9-10H2,1-3H3. The molecule has 1 aromatic carbocycles. The normalized spacial score (nSPS) is 12.2. The summed E-state index contributed by atoms with van der Waals surface area (Å²) in [6, 6.07) is 7.94. The fraction of sp³-hybridized carbons (Fsp3) is 0.500. The Labute approximate surface area is 108 Å². The van der Waals surface area contributed by atoms with E-state index in [2.05, 4.69) is 5.32 Å². The Balaban J connectivity index is 2.93. The third kappa shape index (κ3) is 4.13. The van der Waals surface area contributed by atoms with Crippen LogP contribution in [0.5, 0.6) is 0 Å². The van der Waals surface area contributed by atoms with E-state index < -0.39 is 0 Å². The molecule has 0 amide bonds. The van der Waals surface area contributed by atoms with E-state index in [1.165, 1.54) is 7.11 Å². The van der Waals surface area contributed by atoms with Gasteiger partial charge >= 0.3 is 5.97 Å². The molecule has 1 rings (SSSR count). The Kier molecular flexibility index (Phi) is 6.39. The van der Waals surface area contributed by atoms with Crippen LogP contribution in [-0.2, 0) is 20.9 Å². The Hall–Kier alpha value is -1.39. The first-order valence-electron chi connectivity index (χ1n) is 6.09. The molecule has 0 radical (unpaired) electrons. The van der Waals surface area contributed by atoms with Crippen LogP contribution in [0.15, 0.2) is 24.3 Å². The van der Waals surface area contributed by atoms with E-state index in [1.807, 2.05) is 31.2 Å². The van der Waals surface area contributed by atoms with Crippen molar-refractivity contribution in [3.05, 3.63) is 35.4 Å². The average Bonchev–Trinajstić information content (AvgIpc) is 2.39. The minimum atomic E-state index is -0.215. The summed E-state index contributed by atoms with van der Waals surface area (Å²) < 4.78 is 9.92. The first-order valence-corrected chi connectivity index (χ1v) is 6.09. The lowest BCUT2D eigenvalue weighted by molar-refractivity contribution is -0.141. The molecule has 1 aromatic rings. The zero-order chi connectivity index (χ0) is 13.4. The zero-order valence-corrected chi connectivity index (χ0v) is 11.2. The fourth-order valence-electron chi connectivity index (χ4n) is 1.95. The van der Waals surface area contributed by atoms with Gasteiger partial charge in [-0.2, -0.15) is 0 Å². The first kappa shape index (κ1) is 14.7. The summed E-state index contributed by atoms with van der Waals surface area (Å²) in [6.45, 7) is 3.35. The number of carbonyl (C=O) groups is 1. The van der Waals surface area contributed by atoms with Crippen LogP contribution in [0.25, 0.3) is 0 Å². The summed E-state index contributed by atoms with van der Waals surface area (Å²) in [7, 11) is 3.08. The molecule has 0 aromatic heterocycles. The van der Waals surface area contributed by atoms with Gasteiger partial charge in [-0.05, 0) is 17.7 Å². The maximum Gasteiger partial charge on any atom is 0.307 e. The summed E-state index contributed by atoms with van der Waals surface area (Å²) in [5.74, 6) is -0.215. The molecular formula is C14H21NO3. The molecule has 0 aliphatic heterocycles. The van der Waals surface area contributed by atoms with Crippen LogP contribution in [0.4, 0.5) is 0 Å². The number of esters is 1. The van der Waals surface area contributed by atoms with E-state index in [9.17, 15) is 4.79 Å². The van der Waals surface area contributed by atoms with Crippen molar-refractivity contribution in [3.8, 4) is 0 Å². The van der Waals surface area contributed by atoms with Crippen molar-refractivity contribution in [1.82, 2.24) is 5.32 Å². The fourth-order valence-corrected chi connectivity index (χ4v) is 1.95. The highest BCUT2D eigenvalue weighted by molar-refractivity contribution is 5.70. The Morgan fingerprint density at radius 1 is 1.33 bits per heavy atom. The predicted molar refractivity (Wildman–Crippen MR) is 70.2 cm³/mol. The van der Waals surface area contributed by atoms with E-state index in [0.717, 1.165) is 17.7 Å². The van der Waals surface area contributed by atoms with E-state index in [4.69, 9.17) is 9.47 Å². The molecule has 0 saturated carbocycles. The maximum absolute atomic E-state index is 11.4. The Morgan fingerprint density at radius 2 is 2.06 bits per heavy atom. The minimum absolute atomic E-state index is 0.0335. The van der Waals surface area contributed by atoms with Crippen molar-refractivity contribution in [2.45, 2.75) is 26.0 Å². The molecule has 1 atom stereocenters. The number of benzene rings is 1. The van der Waals surface area contributed by atoms with Gasteiger partial charge in [0.25, 0.3) is 0 Å². The number of rotatable bonds is 7. The molecule has 0 fully saturated rings. The highest BCUT2D eigenvalue weighted by Crippen LogP contribution is 2.22. The third-order valence-corrected chi connectivity index (χ3v) is 2.78. The van der Waals surface area contributed by atoms with E-state index in [-0.39, 0.29) is 12.0 Å². The molecule has 0 aliphatic rings. The van der Waals surface area contributed by atoms with E-state index in [1.54, 1.807) is 7.11 Å². The third-order valence-electron chi connectivity index (χ3n) is 2.78. The second-order valence-corrected chi connectivity index (χ2v) is 4.02. The Morgan fingerprint density at radius 3 is 2.67 bits per heavy atom. The van der Waals surface area contributed by atoms with Gasteiger partial charge in [0.05, 0.1) is 20.1 Å². The Bertz CT molecular complexity index is 379. The average molecular weight is 251 g/mol. The number of nitrogens with one attached hydrogen (secondary N) is 1. The van der Waals surface area contributed by atoms with E-state index in [0.29, 0.717) is 13.0 Å². The molecule has 4 nitrogen and oxygen atoms in total.